The molecule has 4 atom stereocenters. The first-order chi connectivity index (χ1) is 22.7. The van der Waals surface area contributed by atoms with E-state index in [0.717, 1.165) is 17.7 Å². The summed E-state index contributed by atoms with van der Waals surface area (Å²) in [5, 5.41) is 10.7. The highest BCUT2D eigenvalue weighted by Gasteiger charge is 2.46. The smallest absolute Gasteiger partial charge is 0.326 e. The molecule has 47 heavy (non-hydrogen) atoms. The number of fused-ring (bicyclic) bond motifs is 3. The lowest BCUT2D eigenvalue weighted by Gasteiger charge is -2.37. The van der Waals surface area contributed by atoms with Crippen molar-refractivity contribution in [2.45, 2.75) is 57.3 Å². The van der Waals surface area contributed by atoms with Crippen LogP contribution in [0, 0.1) is 5.92 Å². The summed E-state index contributed by atoms with van der Waals surface area (Å²) in [5.41, 5.74) is 1.45. The van der Waals surface area contributed by atoms with Gasteiger partial charge in [-0.2, -0.15) is 0 Å². The normalized spacial score (nSPS) is 23.2. The van der Waals surface area contributed by atoms with E-state index in [9.17, 15) is 18.7 Å². The van der Waals surface area contributed by atoms with Gasteiger partial charge in [-0.1, -0.05) is 26.0 Å². The molecule has 0 saturated carbocycles. The zero-order valence-corrected chi connectivity index (χ0v) is 25.7. The largest absolute Gasteiger partial charge is 0.480 e. The van der Waals surface area contributed by atoms with Gasteiger partial charge in [-0.15, -0.1) is 0 Å². The minimum Gasteiger partial charge on any atom is -0.480 e. The minimum absolute atomic E-state index is 0.0376. The number of hydrogen-bond donors (Lipinski definition) is 1. The number of alkyl halides is 3. The first-order valence-corrected chi connectivity index (χ1v) is 15.5. The number of carbonyl (C=O) groups is 1. The molecule has 5 aromatic rings. The van der Waals surface area contributed by atoms with Crippen LogP contribution in [-0.2, 0) is 21.6 Å². The van der Waals surface area contributed by atoms with Crippen molar-refractivity contribution in [3.8, 4) is 17.0 Å². The number of para-hydroxylation sites is 1. The number of carboxylic acids is 1. The second kappa shape index (κ2) is 12.1. The van der Waals surface area contributed by atoms with Crippen molar-refractivity contribution in [2.24, 2.45) is 5.92 Å². The summed E-state index contributed by atoms with van der Waals surface area (Å²) in [6.45, 7) is 4.13. The van der Waals surface area contributed by atoms with E-state index in [1.807, 2.05) is 19.1 Å². The quantitative estimate of drug-likeness (QED) is 0.195. The number of halogens is 3. The standard InChI is InChI=1S/C34H32F3N5O5/c1-3-21-12-19(8-10-38-21)20-13-24(34(37)9-11-45-17-18(34)2)32(39-15-20)46-22-14-25(33(43)44)42(16-22)31-28-27(40-30(41-31)29(35)36)23-6-4-5-7-26(23)47-28/h4-8,10,12-13,15,18,22,25,29H,3,9,11,14,16-17H2,1-2H3,(H,43,44)/t18-,22-,25-,34+/m0/s1. The SMILES string of the molecule is CCc1cc(-c2cnc(O[C@H]3C[C@@H](C(=O)O)N(c4nc(C(F)F)nc5c4oc4ccccc45)C3)c([C@@]3(F)CCOC[C@@H]3C)c2)ccn1. The molecule has 2 saturated heterocycles. The third-order valence-electron chi connectivity index (χ3n) is 9.08. The average Bonchev–Trinajstić information content (AvgIpc) is 3.68. The van der Waals surface area contributed by atoms with Crippen LogP contribution in [0.15, 0.2) is 59.3 Å². The summed E-state index contributed by atoms with van der Waals surface area (Å²) in [6, 6.07) is 11.1. The van der Waals surface area contributed by atoms with Gasteiger partial charge in [-0.05, 0) is 42.3 Å². The Bertz CT molecular complexity index is 1970. The van der Waals surface area contributed by atoms with Gasteiger partial charge in [0.15, 0.2) is 17.2 Å². The van der Waals surface area contributed by atoms with Crippen LogP contribution in [-0.4, -0.2) is 62.9 Å². The molecule has 0 aliphatic carbocycles. The Kier molecular flexibility index (Phi) is 7.95. The summed E-state index contributed by atoms with van der Waals surface area (Å²) in [4.78, 5) is 31.0. The molecular weight excluding hydrogens is 615 g/mol. The van der Waals surface area contributed by atoms with Crippen LogP contribution in [0.1, 0.15) is 50.2 Å². The van der Waals surface area contributed by atoms with Gasteiger partial charge in [0.25, 0.3) is 6.43 Å². The van der Waals surface area contributed by atoms with Crippen molar-refractivity contribution in [1.29, 1.82) is 0 Å². The van der Waals surface area contributed by atoms with Crippen molar-refractivity contribution in [3.63, 3.8) is 0 Å². The fourth-order valence-corrected chi connectivity index (χ4v) is 6.51. The fraction of sp³-hybridized carbons (Fsp3) is 0.382. The van der Waals surface area contributed by atoms with Gasteiger partial charge in [0, 0.05) is 54.4 Å². The summed E-state index contributed by atoms with van der Waals surface area (Å²) in [6.07, 6.45) is 0.254. The van der Waals surface area contributed by atoms with E-state index in [0.29, 0.717) is 16.5 Å². The molecule has 2 fully saturated rings. The monoisotopic (exact) mass is 647 g/mol. The minimum atomic E-state index is -3.01. The second-order valence-electron chi connectivity index (χ2n) is 12.0. The first-order valence-electron chi connectivity index (χ1n) is 15.5. The molecular formula is C34H32F3N5O5. The van der Waals surface area contributed by atoms with Crippen LogP contribution in [0.3, 0.4) is 0 Å². The van der Waals surface area contributed by atoms with Gasteiger partial charge >= 0.3 is 5.97 Å². The number of ether oxygens (including phenoxy) is 2. The highest BCUT2D eigenvalue weighted by atomic mass is 19.3. The van der Waals surface area contributed by atoms with Gasteiger partial charge < -0.3 is 23.9 Å². The van der Waals surface area contributed by atoms with E-state index < -0.39 is 42.0 Å². The summed E-state index contributed by atoms with van der Waals surface area (Å²) < 4.78 is 62.9. The molecule has 1 aromatic carbocycles. The van der Waals surface area contributed by atoms with E-state index in [1.165, 1.54) is 4.90 Å². The number of nitrogens with zero attached hydrogens (tertiary/aromatic N) is 5. The predicted molar refractivity (Wildman–Crippen MR) is 166 cm³/mol. The Morgan fingerprint density at radius 2 is 2.00 bits per heavy atom. The van der Waals surface area contributed by atoms with Crippen LogP contribution in [0.25, 0.3) is 33.2 Å². The number of rotatable bonds is 8. The average molecular weight is 648 g/mol. The molecule has 10 nitrogen and oxygen atoms in total. The lowest BCUT2D eigenvalue weighted by atomic mass is 9.80. The van der Waals surface area contributed by atoms with Gasteiger partial charge in [0.2, 0.25) is 5.88 Å². The Labute approximate surface area is 267 Å². The van der Waals surface area contributed by atoms with Crippen molar-refractivity contribution in [3.05, 3.63) is 71.9 Å². The first kappa shape index (κ1) is 30.9. The molecule has 7 rings (SSSR count). The molecule has 2 aliphatic heterocycles. The molecule has 0 bridgehead atoms. The summed E-state index contributed by atoms with van der Waals surface area (Å²) >= 11 is 0. The third-order valence-corrected chi connectivity index (χ3v) is 9.08. The number of hydrogen-bond acceptors (Lipinski definition) is 9. The van der Waals surface area contributed by atoms with E-state index in [-0.39, 0.29) is 61.0 Å². The van der Waals surface area contributed by atoms with Crippen molar-refractivity contribution >= 4 is 33.9 Å². The number of anilines is 1. The summed E-state index contributed by atoms with van der Waals surface area (Å²) in [7, 11) is 0. The zero-order valence-electron chi connectivity index (χ0n) is 25.7. The third kappa shape index (κ3) is 5.52. The molecule has 13 heteroatoms. The predicted octanol–water partition coefficient (Wildman–Crippen LogP) is 6.67. The van der Waals surface area contributed by atoms with Gasteiger partial charge in [0.1, 0.15) is 28.9 Å². The number of aromatic nitrogens is 4. The van der Waals surface area contributed by atoms with Crippen LogP contribution >= 0.6 is 0 Å². The van der Waals surface area contributed by atoms with Gasteiger partial charge in [-0.3, -0.25) is 4.98 Å². The number of aryl methyl sites for hydroxylation is 1. The Balaban J connectivity index is 1.28. The maximum absolute atomic E-state index is 17.0. The molecule has 0 spiro atoms. The van der Waals surface area contributed by atoms with Crippen molar-refractivity contribution < 1.29 is 37.0 Å². The lowest BCUT2D eigenvalue weighted by Crippen LogP contribution is -2.38. The van der Waals surface area contributed by atoms with Gasteiger partial charge in [0.05, 0.1) is 18.7 Å². The Morgan fingerprint density at radius 3 is 2.77 bits per heavy atom. The number of furan rings is 1. The maximum atomic E-state index is 17.0. The highest BCUT2D eigenvalue weighted by Crippen LogP contribution is 2.46. The molecule has 0 amide bonds. The zero-order chi connectivity index (χ0) is 32.9. The van der Waals surface area contributed by atoms with Gasteiger partial charge in [-0.25, -0.2) is 32.9 Å². The molecule has 0 unspecified atom stereocenters. The van der Waals surface area contributed by atoms with Crippen LogP contribution in [0.5, 0.6) is 5.88 Å². The van der Waals surface area contributed by atoms with Crippen LogP contribution in [0.2, 0.25) is 0 Å². The van der Waals surface area contributed by atoms with E-state index in [1.54, 1.807) is 49.6 Å². The molecule has 4 aromatic heterocycles. The Morgan fingerprint density at radius 1 is 1.17 bits per heavy atom. The highest BCUT2D eigenvalue weighted by molar-refractivity contribution is 6.06. The topological polar surface area (TPSA) is 124 Å². The summed E-state index contributed by atoms with van der Waals surface area (Å²) in [5.74, 6) is -2.50. The number of pyridine rings is 2. The van der Waals surface area contributed by atoms with Crippen molar-refractivity contribution in [2.75, 3.05) is 24.7 Å². The number of aliphatic carboxylic acids is 1. The molecule has 6 heterocycles. The molecule has 1 N–H and O–H groups in total. The lowest BCUT2D eigenvalue weighted by molar-refractivity contribution is -0.138. The number of carboxylic acid groups (broad SMARTS) is 1. The molecule has 244 valence electrons. The van der Waals surface area contributed by atoms with Crippen LogP contribution in [0.4, 0.5) is 19.0 Å². The van der Waals surface area contributed by atoms with Crippen LogP contribution < -0.4 is 9.64 Å². The van der Waals surface area contributed by atoms with E-state index >= 15 is 4.39 Å². The number of benzene rings is 1. The molecule has 2 aliphatic rings. The molecule has 0 radical (unpaired) electrons. The second-order valence-corrected chi connectivity index (χ2v) is 12.0. The van der Waals surface area contributed by atoms with E-state index in [2.05, 4.69) is 19.9 Å². The van der Waals surface area contributed by atoms with Crippen molar-refractivity contribution in [1.82, 2.24) is 19.9 Å². The Hall–Kier alpha value is -4.78. The fourth-order valence-electron chi connectivity index (χ4n) is 6.51. The van der Waals surface area contributed by atoms with E-state index in [4.69, 9.17) is 13.9 Å². The maximum Gasteiger partial charge on any atom is 0.326 e.